The Labute approximate surface area is 115 Å². The van der Waals surface area contributed by atoms with E-state index in [1.165, 1.54) is 45.3 Å². The van der Waals surface area contributed by atoms with Gasteiger partial charge < -0.3 is 20.6 Å². The van der Waals surface area contributed by atoms with Gasteiger partial charge >= 0.3 is 5.97 Å². The van der Waals surface area contributed by atoms with Crippen LogP contribution in [0.2, 0.25) is 0 Å². The third kappa shape index (κ3) is 4.75. The standard InChI is InChI=1S/C14H27N3O2/c15-13(14(18)19)5-10-16-8-3-12(4-9-16)11-17-6-1-2-7-17/h12-13H,1-11,15H2,(H,18,19). The van der Waals surface area contributed by atoms with Gasteiger partial charge in [-0.25, -0.2) is 0 Å². The van der Waals surface area contributed by atoms with Crippen molar-refractivity contribution in [1.82, 2.24) is 9.80 Å². The van der Waals surface area contributed by atoms with Crippen LogP contribution in [-0.2, 0) is 4.79 Å². The molecular formula is C14H27N3O2. The van der Waals surface area contributed by atoms with Gasteiger partial charge in [0.05, 0.1) is 0 Å². The molecule has 0 saturated carbocycles. The lowest BCUT2D eigenvalue weighted by Gasteiger charge is -2.34. The zero-order valence-corrected chi connectivity index (χ0v) is 11.8. The monoisotopic (exact) mass is 269 g/mol. The number of rotatable bonds is 6. The maximum Gasteiger partial charge on any atom is 0.320 e. The van der Waals surface area contributed by atoms with Gasteiger partial charge in [0.2, 0.25) is 0 Å². The zero-order valence-electron chi connectivity index (χ0n) is 11.8. The second-order valence-electron chi connectivity index (χ2n) is 6.03. The molecule has 0 aromatic carbocycles. The predicted octanol–water partition coefficient (Wildman–Crippen LogP) is 0.596. The molecule has 3 N–H and O–H groups in total. The molecule has 2 aliphatic rings. The highest BCUT2D eigenvalue weighted by molar-refractivity contribution is 5.72. The molecule has 2 saturated heterocycles. The quantitative estimate of drug-likeness (QED) is 0.739. The van der Waals surface area contributed by atoms with Crippen molar-refractivity contribution in [1.29, 1.82) is 0 Å². The maximum atomic E-state index is 10.7. The molecule has 19 heavy (non-hydrogen) atoms. The largest absolute Gasteiger partial charge is 0.480 e. The van der Waals surface area contributed by atoms with Gasteiger partial charge in [-0.3, -0.25) is 4.79 Å². The average molecular weight is 269 g/mol. The molecule has 5 nitrogen and oxygen atoms in total. The topological polar surface area (TPSA) is 69.8 Å². The zero-order chi connectivity index (χ0) is 13.7. The molecule has 0 amide bonds. The molecule has 110 valence electrons. The van der Waals surface area contributed by atoms with Crippen LogP contribution < -0.4 is 5.73 Å². The van der Waals surface area contributed by atoms with E-state index in [1.807, 2.05) is 0 Å². The minimum absolute atomic E-state index is 0.562. The number of hydrogen-bond acceptors (Lipinski definition) is 4. The number of hydrogen-bond donors (Lipinski definition) is 2. The third-order valence-electron chi connectivity index (χ3n) is 4.50. The fraction of sp³-hybridized carbons (Fsp3) is 0.929. The highest BCUT2D eigenvalue weighted by Gasteiger charge is 2.23. The first kappa shape index (κ1) is 14.8. The van der Waals surface area contributed by atoms with Gasteiger partial charge in [-0.05, 0) is 64.2 Å². The van der Waals surface area contributed by atoms with Crippen LogP contribution in [0.1, 0.15) is 32.1 Å². The average Bonchev–Trinajstić information content (AvgIpc) is 2.90. The summed E-state index contributed by atoms with van der Waals surface area (Å²) in [6, 6.07) is -0.706. The Hall–Kier alpha value is -0.650. The van der Waals surface area contributed by atoms with E-state index in [9.17, 15) is 4.79 Å². The van der Waals surface area contributed by atoms with E-state index in [-0.39, 0.29) is 0 Å². The van der Waals surface area contributed by atoms with E-state index in [4.69, 9.17) is 10.8 Å². The summed E-state index contributed by atoms with van der Waals surface area (Å²) >= 11 is 0. The van der Waals surface area contributed by atoms with Crippen LogP contribution in [0.3, 0.4) is 0 Å². The second-order valence-corrected chi connectivity index (χ2v) is 6.03. The van der Waals surface area contributed by atoms with E-state index in [0.29, 0.717) is 6.42 Å². The van der Waals surface area contributed by atoms with Crippen LogP contribution in [-0.4, -0.2) is 66.2 Å². The highest BCUT2D eigenvalue weighted by atomic mass is 16.4. The first-order valence-corrected chi connectivity index (χ1v) is 7.58. The van der Waals surface area contributed by atoms with Gasteiger partial charge in [0.25, 0.3) is 0 Å². The third-order valence-corrected chi connectivity index (χ3v) is 4.50. The minimum atomic E-state index is -0.885. The highest BCUT2D eigenvalue weighted by Crippen LogP contribution is 2.20. The molecule has 5 heteroatoms. The summed E-state index contributed by atoms with van der Waals surface area (Å²) in [5, 5.41) is 8.76. The lowest BCUT2D eigenvalue weighted by molar-refractivity contribution is -0.138. The van der Waals surface area contributed by atoms with Crippen LogP contribution >= 0.6 is 0 Å². The second kappa shape index (κ2) is 7.22. The van der Waals surface area contributed by atoms with Gasteiger partial charge in [0.15, 0.2) is 0 Å². The number of carbonyl (C=O) groups is 1. The van der Waals surface area contributed by atoms with Crippen molar-refractivity contribution in [3.63, 3.8) is 0 Å². The lowest BCUT2D eigenvalue weighted by atomic mass is 9.96. The molecule has 1 atom stereocenters. The van der Waals surface area contributed by atoms with Crippen LogP contribution in [0.4, 0.5) is 0 Å². The Bertz CT molecular complexity index is 284. The van der Waals surface area contributed by atoms with Crippen LogP contribution in [0.15, 0.2) is 0 Å². The SMILES string of the molecule is NC(CCN1CCC(CN2CCCC2)CC1)C(=O)O. The molecule has 0 aromatic heterocycles. The van der Waals surface area contributed by atoms with Crippen molar-refractivity contribution in [2.45, 2.75) is 38.1 Å². The van der Waals surface area contributed by atoms with Crippen molar-refractivity contribution in [3.8, 4) is 0 Å². The summed E-state index contributed by atoms with van der Waals surface area (Å²) < 4.78 is 0. The van der Waals surface area contributed by atoms with Gasteiger partial charge in [-0.1, -0.05) is 0 Å². The molecule has 0 aliphatic carbocycles. The smallest absolute Gasteiger partial charge is 0.320 e. The minimum Gasteiger partial charge on any atom is -0.480 e. The van der Waals surface area contributed by atoms with Crippen molar-refractivity contribution < 1.29 is 9.90 Å². The Morgan fingerprint density at radius 2 is 1.79 bits per heavy atom. The fourth-order valence-corrected chi connectivity index (χ4v) is 3.17. The van der Waals surface area contributed by atoms with E-state index in [1.54, 1.807) is 0 Å². The van der Waals surface area contributed by atoms with Gasteiger partial charge in [-0.15, -0.1) is 0 Å². The molecule has 2 heterocycles. The predicted molar refractivity (Wildman–Crippen MR) is 75.1 cm³/mol. The van der Waals surface area contributed by atoms with E-state index < -0.39 is 12.0 Å². The van der Waals surface area contributed by atoms with Crippen LogP contribution in [0, 0.1) is 5.92 Å². The van der Waals surface area contributed by atoms with Crippen LogP contribution in [0.5, 0.6) is 0 Å². The van der Waals surface area contributed by atoms with E-state index in [2.05, 4.69) is 9.80 Å². The summed E-state index contributed by atoms with van der Waals surface area (Å²) in [4.78, 5) is 15.6. The van der Waals surface area contributed by atoms with E-state index in [0.717, 1.165) is 25.6 Å². The number of carboxylic acid groups (broad SMARTS) is 1. The van der Waals surface area contributed by atoms with Crippen molar-refractivity contribution in [2.24, 2.45) is 11.7 Å². The van der Waals surface area contributed by atoms with Gasteiger partial charge in [-0.2, -0.15) is 0 Å². The fourth-order valence-electron chi connectivity index (χ4n) is 3.17. The number of nitrogens with two attached hydrogens (primary N) is 1. The number of nitrogens with zero attached hydrogens (tertiary/aromatic N) is 2. The number of likely N-dealkylation sites (tertiary alicyclic amines) is 2. The van der Waals surface area contributed by atoms with Crippen molar-refractivity contribution >= 4 is 5.97 Å². The molecule has 2 fully saturated rings. The Balaban J connectivity index is 1.60. The van der Waals surface area contributed by atoms with E-state index >= 15 is 0 Å². The lowest BCUT2D eigenvalue weighted by Crippen LogP contribution is -2.41. The van der Waals surface area contributed by atoms with Gasteiger partial charge in [0.1, 0.15) is 6.04 Å². The Morgan fingerprint density at radius 1 is 1.16 bits per heavy atom. The Kier molecular flexibility index (Phi) is 5.60. The molecular weight excluding hydrogens is 242 g/mol. The number of piperidine rings is 1. The molecule has 1 unspecified atom stereocenters. The molecule has 0 aromatic rings. The van der Waals surface area contributed by atoms with Crippen molar-refractivity contribution in [2.75, 3.05) is 39.3 Å². The van der Waals surface area contributed by atoms with Gasteiger partial charge in [0, 0.05) is 13.1 Å². The first-order chi connectivity index (χ1) is 9.15. The molecule has 2 rings (SSSR count). The van der Waals surface area contributed by atoms with Crippen molar-refractivity contribution in [3.05, 3.63) is 0 Å². The summed E-state index contributed by atoms with van der Waals surface area (Å²) in [5.41, 5.74) is 5.54. The summed E-state index contributed by atoms with van der Waals surface area (Å²) in [5.74, 6) is -0.0496. The maximum absolute atomic E-state index is 10.7. The molecule has 0 spiro atoms. The normalized spacial score (nSPS) is 24.7. The number of carboxylic acids is 1. The first-order valence-electron chi connectivity index (χ1n) is 7.58. The summed E-state index contributed by atoms with van der Waals surface area (Å²) in [6.07, 6.45) is 5.79. The summed E-state index contributed by atoms with van der Waals surface area (Å²) in [6.45, 7) is 6.86. The number of aliphatic carboxylic acids is 1. The molecule has 2 aliphatic heterocycles. The molecule has 0 radical (unpaired) electrons. The Morgan fingerprint density at radius 3 is 2.37 bits per heavy atom. The molecule has 0 bridgehead atoms. The van der Waals surface area contributed by atoms with Crippen LogP contribution in [0.25, 0.3) is 0 Å². The summed E-state index contributed by atoms with van der Waals surface area (Å²) in [7, 11) is 0.